The zero-order valence-electron chi connectivity index (χ0n) is 37.7. The van der Waals surface area contributed by atoms with E-state index < -0.39 is 6.10 Å². The fraction of sp³-hybridized carbons (Fsp3) is 0.604. The van der Waals surface area contributed by atoms with Gasteiger partial charge in [0, 0.05) is 19.3 Å². The van der Waals surface area contributed by atoms with Crippen LogP contribution in [0.4, 0.5) is 0 Å². The van der Waals surface area contributed by atoms with Gasteiger partial charge in [-0.1, -0.05) is 194 Å². The summed E-state index contributed by atoms with van der Waals surface area (Å²) in [6.07, 6.45) is 62.1. The van der Waals surface area contributed by atoms with E-state index in [1.807, 2.05) is 42.5 Å². The average Bonchev–Trinajstić information content (AvgIpc) is 3.23. The highest BCUT2D eigenvalue weighted by Gasteiger charge is 2.19. The second-order valence-corrected chi connectivity index (χ2v) is 15.1. The van der Waals surface area contributed by atoms with Crippen LogP contribution in [0.25, 0.3) is 0 Å². The number of carbonyl (C=O) groups is 3. The third-order valence-corrected chi connectivity index (χ3v) is 9.43. The van der Waals surface area contributed by atoms with E-state index in [0.717, 1.165) is 103 Å². The molecule has 0 aliphatic heterocycles. The highest BCUT2D eigenvalue weighted by atomic mass is 16.6. The van der Waals surface area contributed by atoms with Gasteiger partial charge in [-0.2, -0.15) is 0 Å². The Hall–Kier alpha value is -3.93. The lowest BCUT2D eigenvalue weighted by molar-refractivity contribution is -0.167. The number of carbonyl (C=O) groups excluding carboxylic acids is 3. The summed E-state index contributed by atoms with van der Waals surface area (Å²) in [5, 5.41) is 0. The van der Waals surface area contributed by atoms with Crippen LogP contribution in [0.2, 0.25) is 0 Å². The van der Waals surface area contributed by atoms with Crippen LogP contribution in [-0.4, -0.2) is 37.2 Å². The third-order valence-electron chi connectivity index (χ3n) is 9.43. The van der Waals surface area contributed by atoms with Crippen LogP contribution in [-0.2, 0) is 28.6 Å². The molecule has 1 atom stereocenters. The van der Waals surface area contributed by atoms with Gasteiger partial charge in [0.25, 0.3) is 0 Å². The molecule has 0 aromatic heterocycles. The lowest BCUT2D eigenvalue weighted by Gasteiger charge is -2.18. The number of hydrogen-bond donors (Lipinski definition) is 0. The molecule has 0 bridgehead atoms. The fourth-order valence-electron chi connectivity index (χ4n) is 5.91. The van der Waals surface area contributed by atoms with Gasteiger partial charge in [-0.3, -0.25) is 14.4 Å². The van der Waals surface area contributed by atoms with Crippen molar-refractivity contribution >= 4 is 17.9 Å². The van der Waals surface area contributed by atoms with Crippen LogP contribution < -0.4 is 0 Å². The summed E-state index contributed by atoms with van der Waals surface area (Å²) in [6, 6.07) is 0. The molecule has 0 aromatic rings. The summed E-state index contributed by atoms with van der Waals surface area (Å²) in [7, 11) is 0. The number of esters is 3. The number of ether oxygens (including phenoxy) is 3. The maximum atomic E-state index is 12.7. The molecule has 59 heavy (non-hydrogen) atoms. The molecule has 332 valence electrons. The minimum absolute atomic E-state index is 0.110. The fourth-order valence-corrected chi connectivity index (χ4v) is 5.91. The molecule has 0 aliphatic rings. The average molecular weight is 817 g/mol. The molecular weight excluding hydrogens is 733 g/mol. The summed E-state index contributed by atoms with van der Waals surface area (Å²) in [5.41, 5.74) is 0. The van der Waals surface area contributed by atoms with Gasteiger partial charge in [0.2, 0.25) is 0 Å². The number of hydrogen-bond acceptors (Lipinski definition) is 6. The van der Waals surface area contributed by atoms with E-state index in [0.29, 0.717) is 19.3 Å². The molecule has 0 amide bonds. The molecule has 0 aromatic carbocycles. The van der Waals surface area contributed by atoms with Gasteiger partial charge in [0.1, 0.15) is 13.2 Å². The van der Waals surface area contributed by atoms with E-state index in [2.05, 4.69) is 87.6 Å². The minimum Gasteiger partial charge on any atom is -0.462 e. The first kappa shape index (κ1) is 55.1. The van der Waals surface area contributed by atoms with Crippen molar-refractivity contribution in [3.63, 3.8) is 0 Å². The summed E-state index contributed by atoms with van der Waals surface area (Å²) in [4.78, 5) is 37.8. The summed E-state index contributed by atoms with van der Waals surface area (Å²) in [6.45, 7) is 6.24. The van der Waals surface area contributed by atoms with Crippen LogP contribution in [0.1, 0.15) is 188 Å². The van der Waals surface area contributed by atoms with Crippen LogP contribution in [0, 0.1) is 0 Å². The third kappa shape index (κ3) is 45.0. The van der Waals surface area contributed by atoms with E-state index in [9.17, 15) is 14.4 Å². The summed E-state index contributed by atoms with van der Waals surface area (Å²) in [5.74, 6) is -0.992. The Kier molecular flexibility index (Phi) is 43.6. The maximum Gasteiger partial charge on any atom is 0.306 e. The van der Waals surface area contributed by atoms with Gasteiger partial charge in [0.05, 0.1) is 0 Å². The van der Waals surface area contributed by atoms with E-state index in [4.69, 9.17) is 14.2 Å². The van der Waals surface area contributed by atoms with Gasteiger partial charge < -0.3 is 14.2 Å². The molecule has 0 heterocycles. The van der Waals surface area contributed by atoms with Crippen molar-refractivity contribution in [2.45, 2.75) is 194 Å². The Labute approximate surface area is 361 Å². The Morgan fingerprint density at radius 1 is 0.356 bits per heavy atom. The van der Waals surface area contributed by atoms with E-state index in [1.54, 1.807) is 0 Å². The molecular formula is C53H84O6. The zero-order valence-corrected chi connectivity index (χ0v) is 37.7. The van der Waals surface area contributed by atoms with Gasteiger partial charge in [-0.25, -0.2) is 0 Å². The molecule has 0 N–H and O–H groups in total. The zero-order chi connectivity index (χ0) is 43.0. The highest BCUT2D eigenvalue weighted by Crippen LogP contribution is 2.12. The van der Waals surface area contributed by atoms with Gasteiger partial charge >= 0.3 is 17.9 Å². The van der Waals surface area contributed by atoms with Gasteiger partial charge in [0.15, 0.2) is 6.10 Å². The van der Waals surface area contributed by atoms with Gasteiger partial charge in [-0.15, -0.1) is 0 Å². The van der Waals surface area contributed by atoms with Crippen LogP contribution in [0.5, 0.6) is 0 Å². The standard InChI is InChI=1S/C53H84O6/c1-4-7-10-13-16-19-22-25-26-29-31-34-37-40-43-46-52(55)58-49-50(59-53(56)47-44-41-38-35-32-28-24-21-18-15-12-9-6-3)48-57-51(54)45-42-39-36-33-30-27-23-20-17-14-11-8-5-2/h8-9,11-12,14-25,28,32,50H,4-7,10,13,26-27,29-31,33-49H2,1-3H3/b11-8-,12-9-,17-14-,18-15-,19-16-,23-20-,24-21-,25-22-,32-28-. The predicted molar refractivity (Wildman–Crippen MR) is 251 cm³/mol. The SMILES string of the molecule is CC\C=C/C=C\C=C/C=C\CCCCCC(=O)OC(COC(=O)CCCCCCC\C=C/C=C\C=C/CC)COC(=O)CCCCCCCC/C=C\C=C/CCCCC. The minimum atomic E-state index is -0.812. The highest BCUT2D eigenvalue weighted by molar-refractivity contribution is 5.71. The second-order valence-electron chi connectivity index (χ2n) is 15.1. The molecule has 0 rings (SSSR count). The largest absolute Gasteiger partial charge is 0.462 e. The van der Waals surface area contributed by atoms with E-state index >= 15 is 0 Å². The van der Waals surface area contributed by atoms with Crippen molar-refractivity contribution in [2.24, 2.45) is 0 Å². The number of unbranched alkanes of at least 4 members (excludes halogenated alkanes) is 17. The molecule has 0 saturated heterocycles. The molecule has 6 nitrogen and oxygen atoms in total. The first-order chi connectivity index (χ1) is 29.0. The Morgan fingerprint density at radius 3 is 1.07 bits per heavy atom. The lowest BCUT2D eigenvalue weighted by Crippen LogP contribution is -2.30. The molecule has 6 heteroatoms. The van der Waals surface area contributed by atoms with Crippen molar-refractivity contribution in [3.05, 3.63) is 109 Å². The normalized spacial score (nSPS) is 13.1. The topological polar surface area (TPSA) is 78.9 Å². The first-order valence-corrected chi connectivity index (χ1v) is 23.5. The van der Waals surface area contributed by atoms with Gasteiger partial charge in [-0.05, 0) is 83.5 Å². The van der Waals surface area contributed by atoms with Crippen molar-refractivity contribution in [1.82, 2.24) is 0 Å². The lowest BCUT2D eigenvalue weighted by atomic mass is 10.1. The van der Waals surface area contributed by atoms with E-state index in [1.165, 1.54) is 38.5 Å². The molecule has 0 radical (unpaired) electrons. The second kappa shape index (κ2) is 46.8. The smallest absolute Gasteiger partial charge is 0.306 e. The predicted octanol–water partition coefficient (Wildman–Crippen LogP) is 15.2. The first-order valence-electron chi connectivity index (χ1n) is 23.5. The van der Waals surface area contributed by atoms with Crippen LogP contribution in [0.15, 0.2) is 109 Å². The van der Waals surface area contributed by atoms with Crippen LogP contribution in [0.3, 0.4) is 0 Å². The Balaban J connectivity index is 4.52. The van der Waals surface area contributed by atoms with Crippen molar-refractivity contribution in [1.29, 1.82) is 0 Å². The number of rotatable bonds is 40. The quantitative estimate of drug-likeness (QED) is 0.0265. The van der Waals surface area contributed by atoms with Crippen molar-refractivity contribution in [2.75, 3.05) is 13.2 Å². The van der Waals surface area contributed by atoms with Crippen molar-refractivity contribution < 1.29 is 28.6 Å². The van der Waals surface area contributed by atoms with Crippen LogP contribution >= 0.6 is 0 Å². The van der Waals surface area contributed by atoms with E-state index in [-0.39, 0.29) is 37.5 Å². The summed E-state index contributed by atoms with van der Waals surface area (Å²) < 4.78 is 16.7. The molecule has 0 saturated carbocycles. The van der Waals surface area contributed by atoms with Crippen molar-refractivity contribution in [3.8, 4) is 0 Å². The Morgan fingerprint density at radius 2 is 0.661 bits per heavy atom. The maximum absolute atomic E-state index is 12.7. The molecule has 0 fully saturated rings. The molecule has 0 spiro atoms. The molecule has 1 unspecified atom stereocenters. The Bertz CT molecular complexity index is 1260. The monoisotopic (exact) mass is 817 g/mol. The molecule has 0 aliphatic carbocycles. The number of allylic oxidation sites excluding steroid dienone is 18. The summed E-state index contributed by atoms with van der Waals surface area (Å²) >= 11 is 0.